The van der Waals surface area contributed by atoms with Crippen LogP contribution in [0, 0.1) is 45.9 Å². The van der Waals surface area contributed by atoms with Crippen molar-refractivity contribution in [2.75, 3.05) is 0 Å². The molecule has 12 aromatic rings. The Morgan fingerprint density at radius 3 is 0.973 bits per heavy atom. The number of hydrogen-bond acceptors (Lipinski definition) is 1. The first-order valence-electron chi connectivity index (χ1n) is 24.5. The normalized spacial score (nSPS) is 11.8. The predicted octanol–water partition coefficient (Wildman–Crippen LogP) is 18.6. The lowest BCUT2D eigenvalue weighted by Gasteiger charge is -2.19. The van der Waals surface area contributed by atoms with E-state index in [9.17, 15) is 18.4 Å². The van der Waals surface area contributed by atoms with Gasteiger partial charge in [-0.05, 0) is 191 Å². The largest absolute Gasteiger partial charge is 0.416 e. The van der Waals surface area contributed by atoms with Crippen LogP contribution < -0.4 is 0 Å². The SMILES string of the molecule is Cc1cc(-c2cc(-n3c4ccc(-c5ccccc5C)cc4c4cc(-c5ccccc5C)ccc43)c(C#N)c(-n3c4ccc(-c5ccccc5C)cc4c4cc(-c5ccccc5C)ccc43)c2)cc(C(F)(F)F)c1. The second-order valence-electron chi connectivity index (χ2n) is 19.4. The zero-order valence-corrected chi connectivity index (χ0v) is 41.0. The minimum atomic E-state index is -4.58. The minimum Gasteiger partial charge on any atom is -0.308 e. The number of rotatable bonds is 7. The van der Waals surface area contributed by atoms with E-state index in [0.717, 1.165) is 110 Å². The maximum Gasteiger partial charge on any atom is 0.416 e. The Balaban J connectivity index is 1.21. The number of alkyl halides is 3. The third-order valence-electron chi connectivity index (χ3n) is 14.8. The molecule has 3 nitrogen and oxygen atoms in total. The van der Waals surface area contributed by atoms with Gasteiger partial charge in [0, 0.05) is 21.5 Å². The summed E-state index contributed by atoms with van der Waals surface area (Å²) in [5.74, 6) is 0. The molecule has 0 N–H and O–H groups in total. The average molecular weight is 952 g/mol. The lowest BCUT2D eigenvalue weighted by Crippen LogP contribution is -2.07. The molecule has 0 saturated carbocycles. The zero-order chi connectivity index (χ0) is 50.3. The quantitative estimate of drug-likeness (QED) is 0.157. The molecule has 0 amide bonds. The van der Waals surface area contributed by atoms with Crippen LogP contribution in [-0.2, 0) is 6.18 Å². The molecule has 0 radical (unpaired) electrons. The summed E-state index contributed by atoms with van der Waals surface area (Å²) in [5.41, 5.74) is 18.9. The van der Waals surface area contributed by atoms with Crippen molar-refractivity contribution in [1.29, 1.82) is 5.26 Å². The van der Waals surface area contributed by atoms with Crippen molar-refractivity contribution in [2.45, 2.75) is 40.8 Å². The molecular formula is C67H48F3N3. The third-order valence-corrected chi connectivity index (χ3v) is 14.8. The smallest absolute Gasteiger partial charge is 0.308 e. The van der Waals surface area contributed by atoms with Crippen LogP contribution in [0.3, 0.4) is 0 Å². The fraction of sp³-hybridized carbons (Fsp3) is 0.0896. The molecule has 0 aliphatic rings. The molecule has 73 heavy (non-hydrogen) atoms. The van der Waals surface area contributed by atoms with Gasteiger partial charge >= 0.3 is 6.18 Å². The topological polar surface area (TPSA) is 33.6 Å². The Labute approximate surface area is 422 Å². The molecule has 0 fully saturated rings. The summed E-state index contributed by atoms with van der Waals surface area (Å²) < 4.78 is 48.5. The maximum atomic E-state index is 14.8. The molecule has 2 heterocycles. The van der Waals surface area contributed by atoms with E-state index in [4.69, 9.17) is 0 Å². The van der Waals surface area contributed by atoms with Gasteiger partial charge in [0.05, 0.1) is 39.0 Å². The molecule has 0 aliphatic carbocycles. The highest BCUT2D eigenvalue weighted by atomic mass is 19.4. The lowest BCUT2D eigenvalue weighted by atomic mass is 9.96. The van der Waals surface area contributed by atoms with Crippen LogP contribution in [0.15, 0.2) is 200 Å². The highest BCUT2D eigenvalue weighted by Gasteiger charge is 2.32. The summed E-state index contributed by atoms with van der Waals surface area (Å²) in [4.78, 5) is 0. The number of halogens is 3. The van der Waals surface area contributed by atoms with E-state index >= 15 is 0 Å². The van der Waals surface area contributed by atoms with Crippen LogP contribution in [0.1, 0.15) is 38.9 Å². The summed E-state index contributed by atoms with van der Waals surface area (Å²) in [6.07, 6.45) is -4.58. The molecule has 352 valence electrons. The molecule has 0 saturated heterocycles. The van der Waals surface area contributed by atoms with Gasteiger partial charge in [-0.25, -0.2) is 0 Å². The highest BCUT2D eigenvalue weighted by molar-refractivity contribution is 6.14. The van der Waals surface area contributed by atoms with Gasteiger partial charge in [-0.15, -0.1) is 0 Å². The van der Waals surface area contributed by atoms with E-state index in [1.54, 1.807) is 13.0 Å². The van der Waals surface area contributed by atoms with E-state index in [1.165, 1.54) is 12.1 Å². The van der Waals surface area contributed by atoms with Gasteiger partial charge in [-0.1, -0.05) is 127 Å². The summed E-state index contributed by atoms with van der Waals surface area (Å²) in [7, 11) is 0. The summed E-state index contributed by atoms with van der Waals surface area (Å²) in [6, 6.07) is 70.0. The van der Waals surface area contributed by atoms with Gasteiger partial charge in [-0.3, -0.25) is 0 Å². The number of aryl methyl sites for hydroxylation is 5. The average Bonchev–Trinajstić information content (AvgIpc) is 3.90. The molecule has 0 bridgehead atoms. The van der Waals surface area contributed by atoms with Crippen LogP contribution >= 0.6 is 0 Å². The van der Waals surface area contributed by atoms with E-state index < -0.39 is 11.7 Å². The van der Waals surface area contributed by atoms with Crippen LogP contribution in [-0.4, -0.2) is 9.13 Å². The first-order valence-corrected chi connectivity index (χ1v) is 24.5. The van der Waals surface area contributed by atoms with Crippen LogP contribution in [0.25, 0.3) is 111 Å². The fourth-order valence-electron chi connectivity index (χ4n) is 11.2. The van der Waals surface area contributed by atoms with Crippen molar-refractivity contribution in [3.05, 3.63) is 239 Å². The zero-order valence-electron chi connectivity index (χ0n) is 41.0. The molecule has 0 atom stereocenters. The summed E-state index contributed by atoms with van der Waals surface area (Å²) in [6.45, 7) is 10.1. The first-order chi connectivity index (χ1) is 35.3. The molecular weight excluding hydrogens is 904 g/mol. The second-order valence-corrected chi connectivity index (χ2v) is 19.4. The van der Waals surface area contributed by atoms with Gasteiger partial charge in [0.15, 0.2) is 0 Å². The van der Waals surface area contributed by atoms with Gasteiger partial charge in [0.25, 0.3) is 0 Å². The van der Waals surface area contributed by atoms with Crippen molar-refractivity contribution < 1.29 is 13.2 Å². The maximum absolute atomic E-state index is 14.8. The predicted molar refractivity (Wildman–Crippen MR) is 296 cm³/mol. The van der Waals surface area contributed by atoms with E-state index in [-0.39, 0.29) is 0 Å². The van der Waals surface area contributed by atoms with E-state index in [1.807, 2.05) is 36.4 Å². The molecule has 12 rings (SSSR count). The Bertz CT molecular complexity index is 3830. The third kappa shape index (κ3) is 7.68. The van der Waals surface area contributed by atoms with Crippen LogP contribution in [0.5, 0.6) is 0 Å². The standard InChI is InChI=1S/C67H48F3N3/c1-40-30-49(32-51(31-40)67(68,69)70)50-37-65(72-61-26-22-45(52-18-10-6-14-41(52)2)33-56(61)57-34-46(23-27-62(57)72)53-19-11-7-15-42(53)3)60(39-71)66(38-50)73-63-28-24-47(54-20-12-8-16-43(54)4)35-58(63)59-36-48(25-29-64(59)73)55-21-13-9-17-44(55)5/h6-38H,1-5H3. The number of nitrogens with zero attached hydrogens (tertiary/aromatic N) is 3. The monoisotopic (exact) mass is 951 g/mol. The van der Waals surface area contributed by atoms with Gasteiger partial charge < -0.3 is 9.13 Å². The van der Waals surface area contributed by atoms with E-state index in [2.05, 4.69) is 188 Å². The molecule has 0 unspecified atom stereocenters. The highest BCUT2D eigenvalue weighted by Crippen LogP contribution is 2.45. The van der Waals surface area contributed by atoms with Crippen molar-refractivity contribution in [1.82, 2.24) is 9.13 Å². The lowest BCUT2D eigenvalue weighted by molar-refractivity contribution is -0.137. The second kappa shape index (κ2) is 17.4. The fourth-order valence-corrected chi connectivity index (χ4v) is 11.2. The number of aromatic nitrogens is 2. The Kier molecular flexibility index (Phi) is 10.8. The molecule has 2 aromatic heterocycles. The Morgan fingerprint density at radius 2 is 0.671 bits per heavy atom. The number of nitriles is 1. The van der Waals surface area contributed by atoms with Crippen molar-refractivity contribution in [3.63, 3.8) is 0 Å². The molecule has 0 aliphatic heterocycles. The Morgan fingerprint density at radius 1 is 0.356 bits per heavy atom. The summed E-state index contributed by atoms with van der Waals surface area (Å²) >= 11 is 0. The van der Waals surface area contributed by atoms with E-state index in [0.29, 0.717) is 33.6 Å². The number of hydrogen-bond donors (Lipinski definition) is 0. The molecule has 10 aromatic carbocycles. The van der Waals surface area contributed by atoms with Crippen molar-refractivity contribution in [2.24, 2.45) is 0 Å². The van der Waals surface area contributed by atoms with Crippen LogP contribution in [0.4, 0.5) is 13.2 Å². The minimum absolute atomic E-state index is 0.377. The van der Waals surface area contributed by atoms with Gasteiger partial charge in [-0.2, -0.15) is 18.4 Å². The van der Waals surface area contributed by atoms with Crippen LogP contribution in [0.2, 0.25) is 0 Å². The summed E-state index contributed by atoms with van der Waals surface area (Å²) in [5, 5.41) is 15.8. The number of benzene rings is 10. The van der Waals surface area contributed by atoms with Gasteiger partial charge in [0.1, 0.15) is 11.6 Å². The van der Waals surface area contributed by atoms with Gasteiger partial charge in [0.2, 0.25) is 0 Å². The molecule has 0 spiro atoms. The molecule has 6 heteroatoms. The first kappa shape index (κ1) is 45.2. The Hall–Kier alpha value is -8.92. The van der Waals surface area contributed by atoms with Crippen molar-refractivity contribution >= 4 is 43.6 Å². The van der Waals surface area contributed by atoms with Crippen molar-refractivity contribution in [3.8, 4) is 73.1 Å². The number of fused-ring (bicyclic) bond motifs is 6.